The normalized spacial score (nSPS) is 28.8. The smallest absolute Gasteiger partial charge is 0.252 e. The summed E-state index contributed by atoms with van der Waals surface area (Å²) in [5.74, 6) is 0.972. The number of carbonyl (C=O) groups excluding carboxylic acids is 1. The van der Waals surface area contributed by atoms with E-state index in [1.807, 2.05) is 0 Å². The first-order valence-corrected chi connectivity index (χ1v) is 8.91. The van der Waals surface area contributed by atoms with Gasteiger partial charge < -0.3 is 15.7 Å². The van der Waals surface area contributed by atoms with Gasteiger partial charge in [-0.1, -0.05) is 6.92 Å². The van der Waals surface area contributed by atoms with E-state index in [-0.39, 0.29) is 0 Å². The zero-order chi connectivity index (χ0) is 17.2. The largest absolute Gasteiger partial charge is 0.389 e. The van der Waals surface area contributed by atoms with Crippen LogP contribution in [0.25, 0.3) is 0 Å². The van der Waals surface area contributed by atoms with E-state index in [1.54, 1.807) is 18.3 Å². The highest BCUT2D eigenvalue weighted by atomic mass is 16.3. The van der Waals surface area contributed by atoms with Gasteiger partial charge in [0.2, 0.25) is 0 Å². The van der Waals surface area contributed by atoms with Crippen LogP contribution in [0.2, 0.25) is 0 Å². The molecule has 1 aromatic rings. The molecular formula is C18H28N4O2. The minimum atomic E-state index is -0.530. The van der Waals surface area contributed by atoms with Crippen molar-refractivity contribution >= 4 is 11.7 Å². The van der Waals surface area contributed by atoms with Gasteiger partial charge in [-0.15, -0.1) is 0 Å². The molecule has 132 valence electrons. The van der Waals surface area contributed by atoms with Crippen LogP contribution >= 0.6 is 0 Å². The summed E-state index contributed by atoms with van der Waals surface area (Å²) in [5, 5.41) is 10.8. The van der Waals surface area contributed by atoms with Crippen molar-refractivity contribution in [3.05, 3.63) is 23.9 Å². The van der Waals surface area contributed by atoms with E-state index in [9.17, 15) is 9.90 Å². The van der Waals surface area contributed by atoms with Crippen LogP contribution in [0.4, 0.5) is 5.82 Å². The molecule has 1 saturated carbocycles. The van der Waals surface area contributed by atoms with Gasteiger partial charge in [0.15, 0.2) is 0 Å². The molecule has 2 heterocycles. The number of rotatable bonds is 4. The lowest BCUT2D eigenvalue weighted by molar-refractivity contribution is -0.0359. The third-order valence-electron chi connectivity index (χ3n) is 5.45. The highest BCUT2D eigenvalue weighted by Gasteiger charge is 2.34. The summed E-state index contributed by atoms with van der Waals surface area (Å²) in [7, 11) is 0. The Kier molecular flexibility index (Phi) is 5.06. The molecule has 1 aliphatic carbocycles. The van der Waals surface area contributed by atoms with Gasteiger partial charge in [0.1, 0.15) is 5.82 Å². The van der Waals surface area contributed by atoms with Crippen LogP contribution in [0.5, 0.6) is 0 Å². The summed E-state index contributed by atoms with van der Waals surface area (Å²) in [6, 6.07) is 3.46. The number of aromatic nitrogens is 1. The first-order chi connectivity index (χ1) is 11.5. The molecule has 0 bridgehead atoms. The molecule has 0 unspecified atom stereocenters. The molecule has 24 heavy (non-hydrogen) atoms. The molecule has 2 fully saturated rings. The predicted octanol–water partition coefficient (Wildman–Crippen LogP) is 1.24. The number of hydrogen-bond donors (Lipinski definition) is 2. The van der Waals surface area contributed by atoms with E-state index < -0.39 is 11.5 Å². The van der Waals surface area contributed by atoms with Gasteiger partial charge in [0, 0.05) is 38.9 Å². The number of pyridine rings is 1. The third kappa shape index (κ3) is 3.87. The second kappa shape index (κ2) is 7.07. The minimum Gasteiger partial charge on any atom is -0.389 e. The fourth-order valence-corrected chi connectivity index (χ4v) is 3.83. The molecule has 0 radical (unpaired) electrons. The summed E-state index contributed by atoms with van der Waals surface area (Å²) < 4.78 is 0. The summed E-state index contributed by atoms with van der Waals surface area (Å²) in [4.78, 5) is 20.4. The molecule has 3 rings (SSSR count). The fourth-order valence-electron chi connectivity index (χ4n) is 3.83. The van der Waals surface area contributed by atoms with Crippen LogP contribution in [0.1, 0.15) is 43.0 Å². The van der Waals surface area contributed by atoms with Gasteiger partial charge in [-0.3, -0.25) is 9.69 Å². The van der Waals surface area contributed by atoms with Crippen LogP contribution in [0, 0.1) is 5.92 Å². The Morgan fingerprint density at radius 2 is 2.00 bits per heavy atom. The average Bonchev–Trinajstić information content (AvgIpc) is 2.58. The number of hydrogen-bond acceptors (Lipinski definition) is 5. The van der Waals surface area contributed by atoms with Crippen LogP contribution in [0.15, 0.2) is 18.3 Å². The highest BCUT2D eigenvalue weighted by Crippen LogP contribution is 2.32. The Morgan fingerprint density at radius 1 is 1.33 bits per heavy atom. The number of carbonyl (C=O) groups is 1. The van der Waals surface area contributed by atoms with Crippen molar-refractivity contribution in [2.45, 2.75) is 38.2 Å². The van der Waals surface area contributed by atoms with Crippen molar-refractivity contribution in [2.75, 3.05) is 37.6 Å². The number of aliphatic hydroxyl groups is 1. The van der Waals surface area contributed by atoms with E-state index in [4.69, 9.17) is 5.73 Å². The maximum atomic E-state index is 11.6. The van der Waals surface area contributed by atoms with Crippen molar-refractivity contribution in [1.82, 2.24) is 9.88 Å². The van der Waals surface area contributed by atoms with Gasteiger partial charge >= 0.3 is 0 Å². The Labute approximate surface area is 143 Å². The molecule has 1 amide bonds. The van der Waals surface area contributed by atoms with E-state index in [0.717, 1.165) is 64.3 Å². The van der Waals surface area contributed by atoms with Crippen molar-refractivity contribution < 1.29 is 9.90 Å². The van der Waals surface area contributed by atoms with Crippen LogP contribution in [-0.2, 0) is 0 Å². The lowest BCUT2D eigenvalue weighted by atomic mass is 9.79. The summed E-state index contributed by atoms with van der Waals surface area (Å²) in [5.41, 5.74) is 5.40. The second-order valence-corrected chi connectivity index (χ2v) is 7.41. The Morgan fingerprint density at radius 3 is 2.62 bits per heavy atom. The molecule has 0 atom stereocenters. The van der Waals surface area contributed by atoms with Gasteiger partial charge in [-0.05, 0) is 43.7 Å². The molecule has 0 spiro atoms. The lowest BCUT2D eigenvalue weighted by Crippen LogP contribution is -2.53. The zero-order valence-corrected chi connectivity index (χ0v) is 14.4. The standard InChI is InChI=1S/C18H28N4O2/c1-14-4-6-18(24,7-5-14)13-21-9-11-22(12-10-21)17-15(16(19)23)3-2-8-20-17/h2-3,8,14,24H,4-7,9-13H2,1H3,(H2,19,23). The number of nitrogens with zero attached hydrogens (tertiary/aromatic N) is 3. The number of primary amides is 1. The van der Waals surface area contributed by atoms with Crippen molar-refractivity contribution in [1.29, 1.82) is 0 Å². The third-order valence-corrected chi connectivity index (χ3v) is 5.45. The Balaban J connectivity index is 1.57. The topological polar surface area (TPSA) is 82.7 Å². The molecule has 6 heteroatoms. The lowest BCUT2D eigenvalue weighted by Gasteiger charge is -2.42. The minimum absolute atomic E-state index is 0.439. The van der Waals surface area contributed by atoms with Gasteiger partial charge in [0.25, 0.3) is 5.91 Å². The van der Waals surface area contributed by atoms with Crippen LogP contribution in [-0.4, -0.2) is 59.2 Å². The number of amides is 1. The van der Waals surface area contributed by atoms with Crippen LogP contribution < -0.4 is 10.6 Å². The monoisotopic (exact) mass is 332 g/mol. The maximum absolute atomic E-state index is 11.6. The number of nitrogens with two attached hydrogens (primary N) is 1. The van der Waals surface area contributed by atoms with E-state index in [1.165, 1.54) is 0 Å². The summed E-state index contributed by atoms with van der Waals surface area (Å²) in [6.45, 7) is 6.34. The Bertz CT molecular complexity index is 576. The van der Waals surface area contributed by atoms with E-state index in [2.05, 4.69) is 21.7 Å². The molecule has 3 N–H and O–H groups in total. The molecular weight excluding hydrogens is 304 g/mol. The zero-order valence-electron chi connectivity index (χ0n) is 14.4. The average molecular weight is 332 g/mol. The first kappa shape index (κ1) is 17.2. The van der Waals surface area contributed by atoms with E-state index >= 15 is 0 Å². The van der Waals surface area contributed by atoms with Gasteiger partial charge in [-0.25, -0.2) is 4.98 Å². The van der Waals surface area contributed by atoms with Gasteiger partial charge in [-0.2, -0.15) is 0 Å². The van der Waals surface area contributed by atoms with Crippen LogP contribution in [0.3, 0.4) is 0 Å². The molecule has 1 aromatic heterocycles. The van der Waals surface area contributed by atoms with Crippen molar-refractivity contribution in [3.63, 3.8) is 0 Å². The van der Waals surface area contributed by atoms with E-state index in [0.29, 0.717) is 11.4 Å². The maximum Gasteiger partial charge on any atom is 0.252 e. The van der Waals surface area contributed by atoms with Crippen molar-refractivity contribution in [2.24, 2.45) is 11.7 Å². The number of anilines is 1. The molecule has 0 aromatic carbocycles. The summed E-state index contributed by atoms with van der Waals surface area (Å²) >= 11 is 0. The van der Waals surface area contributed by atoms with Gasteiger partial charge in [0.05, 0.1) is 11.2 Å². The fraction of sp³-hybridized carbons (Fsp3) is 0.667. The molecule has 6 nitrogen and oxygen atoms in total. The molecule has 1 saturated heterocycles. The Hall–Kier alpha value is -1.66. The number of β-amino-alcohol motifs (C(OH)–C–C–N with tert-alkyl or cyclic N) is 1. The highest BCUT2D eigenvalue weighted by molar-refractivity contribution is 5.97. The second-order valence-electron chi connectivity index (χ2n) is 7.41. The first-order valence-electron chi connectivity index (χ1n) is 8.91. The summed E-state index contributed by atoms with van der Waals surface area (Å²) in [6.07, 6.45) is 5.74. The quantitative estimate of drug-likeness (QED) is 0.867. The molecule has 1 aliphatic heterocycles. The van der Waals surface area contributed by atoms with Crippen molar-refractivity contribution in [3.8, 4) is 0 Å². The SMILES string of the molecule is CC1CCC(O)(CN2CCN(c3ncccc3C(N)=O)CC2)CC1. The number of piperazine rings is 1. The predicted molar refractivity (Wildman–Crippen MR) is 94.0 cm³/mol. The molecule has 2 aliphatic rings.